The maximum atomic E-state index is 13.1. The van der Waals surface area contributed by atoms with Gasteiger partial charge in [-0.25, -0.2) is 4.79 Å². The number of esters is 1. The van der Waals surface area contributed by atoms with E-state index in [4.69, 9.17) is 37.8 Å². The van der Waals surface area contributed by atoms with Crippen LogP contribution in [0.15, 0.2) is 42.5 Å². The third-order valence-electron chi connectivity index (χ3n) is 6.57. The number of carbonyl (C=O) groups is 4. The first-order valence-corrected chi connectivity index (χ1v) is 12.0. The van der Waals surface area contributed by atoms with Crippen LogP contribution in [0.5, 0.6) is 0 Å². The molecule has 0 radical (unpaired) electrons. The highest BCUT2D eigenvalue weighted by Gasteiger charge is 2.66. The largest absolute Gasteiger partial charge is 0.490 e. The molecule has 4 rings (SSSR count). The minimum Gasteiger partial charge on any atom is -0.475 e. The summed E-state index contributed by atoms with van der Waals surface area (Å²) in [5.74, 6) is -5.41. The van der Waals surface area contributed by atoms with Crippen LogP contribution in [0.3, 0.4) is 0 Å². The maximum Gasteiger partial charge on any atom is 0.490 e. The van der Waals surface area contributed by atoms with Crippen molar-refractivity contribution in [3.05, 3.63) is 58.1 Å². The Kier molecular flexibility index (Phi) is 8.45. The number of likely N-dealkylation sites (tertiary alicyclic amines) is 1. The molecule has 38 heavy (non-hydrogen) atoms. The van der Waals surface area contributed by atoms with E-state index in [-0.39, 0.29) is 18.4 Å². The Morgan fingerprint density at radius 3 is 2.08 bits per heavy atom. The molecule has 2 aromatic carbocycles. The van der Waals surface area contributed by atoms with Crippen molar-refractivity contribution < 1.29 is 42.2 Å². The summed E-state index contributed by atoms with van der Waals surface area (Å²) in [6.45, 7) is 3.65. The summed E-state index contributed by atoms with van der Waals surface area (Å²) in [6.07, 6.45) is -5.08. The number of hydrogen-bond donors (Lipinski definition) is 2. The van der Waals surface area contributed by atoms with E-state index in [9.17, 15) is 27.6 Å². The number of ether oxygens (including phenoxy) is 1. The SMILES string of the molecule is CCN1C(=O)C2C(c3ccc(-c4ccc(Cl)c(Cl)c4)cc3)N[C@@](C)(C(=O)OC)C2C1=O.O=C(O)C(F)(F)F. The fraction of sp³-hybridized carbons (Fsp3) is 0.360. The highest BCUT2D eigenvalue weighted by Crippen LogP contribution is 2.49. The van der Waals surface area contributed by atoms with Gasteiger partial charge in [0.25, 0.3) is 0 Å². The van der Waals surface area contributed by atoms with E-state index in [1.807, 2.05) is 30.3 Å². The molecule has 2 aliphatic rings. The number of carbonyl (C=O) groups excluding carboxylic acids is 3. The summed E-state index contributed by atoms with van der Waals surface area (Å²) in [7, 11) is 1.28. The lowest BCUT2D eigenvalue weighted by molar-refractivity contribution is -0.192. The second kappa shape index (κ2) is 10.9. The lowest BCUT2D eigenvalue weighted by Gasteiger charge is -2.28. The molecule has 2 amide bonds. The summed E-state index contributed by atoms with van der Waals surface area (Å²) in [5.41, 5.74) is 1.35. The Morgan fingerprint density at radius 1 is 1.05 bits per heavy atom. The third-order valence-corrected chi connectivity index (χ3v) is 7.31. The molecule has 8 nitrogen and oxygen atoms in total. The number of halogens is 5. The lowest BCUT2D eigenvalue weighted by atomic mass is 9.80. The minimum absolute atomic E-state index is 0.267. The summed E-state index contributed by atoms with van der Waals surface area (Å²) < 4.78 is 36.7. The molecule has 3 unspecified atom stereocenters. The number of carboxylic acids is 1. The molecule has 13 heteroatoms. The molecule has 2 aromatic rings. The summed E-state index contributed by atoms with van der Waals surface area (Å²) in [5, 5.41) is 11.3. The van der Waals surface area contributed by atoms with Gasteiger partial charge in [0.15, 0.2) is 0 Å². The van der Waals surface area contributed by atoms with E-state index < -0.39 is 41.5 Å². The van der Waals surface area contributed by atoms with Crippen LogP contribution in [-0.4, -0.2) is 59.1 Å². The summed E-state index contributed by atoms with van der Waals surface area (Å²) in [6, 6.07) is 12.5. The topological polar surface area (TPSA) is 113 Å². The Labute approximate surface area is 225 Å². The first-order valence-electron chi connectivity index (χ1n) is 11.2. The van der Waals surface area contributed by atoms with Crippen LogP contribution in [0.1, 0.15) is 25.5 Å². The number of alkyl halides is 3. The zero-order valence-corrected chi connectivity index (χ0v) is 21.8. The highest BCUT2D eigenvalue weighted by molar-refractivity contribution is 6.42. The number of nitrogens with zero attached hydrogens (tertiary/aromatic N) is 1. The fourth-order valence-electron chi connectivity index (χ4n) is 4.76. The van der Waals surface area contributed by atoms with E-state index in [0.717, 1.165) is 16.7 Å². The van der Waals surface area contributed by atoms with Gasteiger partial charge in [-0.05, 0) is 42.7 Å². The molecule has 0 aromatic heterocycles. The molecule has 0 bridgehead atoms. The number of imide groups is 1. The average Bonchev–Trinajstić information content (AvgIpc) is 3.32. The van der Waals surface area contributed by atoms with Gasteiger partial charge in [-0.15, -0.1) is 0 Å². The molecule has 0 saturated carbocycles. The van der Waals surface area contributed by atoms with Crippen LogP contribution >= 0.6 is 23.2 Å². The van der Waals surface area contributed by atoms with Gasteiger partial charge in [0, 0.05) is 12.6 Å². The first kappa shape index (κ1) is 29.4. The molecular formula is C25H23Cl2F3N2O6. The Morgan fingerprint density at radius 2 is 1.61 bits per heavy atom. The van der Waals surface area contributed by atoms with Crippen LogP contribution in [0.2, 0.25) is 10.0 Å². The van der Waals surface area contributed by atoms with E-state index in [0.29, 0.717) is 10.0 Å². The van der Waals surface area contributed by atoms with Gasteiger partial charge in [0.2, 0.25) is 11.8 Å². The van der Waals surface area contributed by atoms with Gasteiger partial charge in [0.1, 0.15) is 5.54 Å². The fourth-order valence-corrected chi connectivity index (χ4v) is 5.05. The molecular weight excluding hydrogens is 552 g/mol. The normalized spacial score (nSPS) is 24.5. The van der Waals surface area contributed by atoms with Crippen LogP contribution in [0.4, 0.5) is 13.2 Å². The van der Waals surface area contributed by atoms with Gasteiger partial charge < -0.3 is 9.84 Å². The smallest absolute Gasteiger partial charge is 0.475 e. The van der Waals surface area contributed by atoms with Crippen molar-refractivity contribution in [2.45, 2.75) is 31.6 Å². The van der Waals surface area contributed by atoms with Gasteiger partial charge in [-0.1, -0.05) is 53.5 Å². The van der Waals surface area contributed by atoms with Crippen molar-refractivity contribution in [1.82, 2.24) is 10.2 Å². The molecule has 2 heterocycles. The van der Waals surface area contributed by atoms with E-state index >= 15 is 0 Å². The number of fused-ring (bicyclic) bond motifs is 1. The number of amides is 2. The van der Waals surface area contributed by atoms with Gasteiger partial charge in [-0.3, -0.25) is 24.6 Å². The molecule has 2 aliphatic heterocycles. The number of hydrogen-bond acceptors (Lipinski definition) is 6. The van der Waals surface area contributed by atoms with E-state index in [2.05, 4.69) is 5.32 Å². The van der Waals surface area contributed by atoms with E-state index in [1.165, 1.54) is 12.0 Å². The Bertz CT molecular complexity index is 1270. The molecule has 4 atom stereocenters. The van der Waals surface area contributed by atoms with Crippen LogP contribution < -0.4 is 5.32 Å². The van der Waals surface area contributed by atoms with Crippen molar-refractivity contribution in [1.29, 1.82) is 0 Å². The number of nitrogens with one attached hydrogen (secondary N) is 1. The zero-order chi connectivity index (χ0) is 28.6. The molecule has 2 saturated heterocycles. The molecule has 204 valence electrons. The molecule has 0 aliphatic carbocycles. The zero-order valence-electron chi connectivity index (χ0n) is 20.3. The van der Waals surface area contributed by atoms with Crippen LogP contribution in [-0.2, 0) is 23.9 Å². The second-order valence-corrected chi connectivity index (χ2v) is 9.61. The number of aliphatic carboxylic acids is 1. The number of benzene rings is 2. The quantitative estimate of drug-likeness (QED) is 0.408. The van der Waals surface area contributed by atoms with Gasteiger partial charge >= 0.3 is 18.1 Å². The Hall–Kier alpha value is -3.15. The number of methoxy groups -OCH3 is 1. The minimum atomic E-state index is -5.08. The molecule has 2 fully saturated rings. The molecule has 0 spiro atoms. The van der Waals surface area contributed by atoms with Gasteiger partial charge in [0.05, 0.1) is 29.0 Å². The third kappa shape index (κ3) is 5.36. The maximum absolute atomic E-state index is 13.1. The summed E-state index contributed by atoms with van der Waals surface area (Å²) >= 11 is 12.1. The number of rotatable bonds is 4. The predicted molar refractivity (Wildman–Crippen MR) is 131 cm³/mol. The predicted octanol–water partition coefficient (Wildman–Crippen LogP) is 4.49. The average molecular weight is 575 g/mol. The van der Waals surface area contributed by atoms with E-state index in [1.54, 1.807) is 26.0 Å². The Balaban J connectivity index is 0.000000505. The van der Waals surface area contributed by atoms with Crippen molar-refractivity contribution >= 4 is 47.0 Å². The first-order chi connectivity index (χ1) is 17.7. The van der Waals surface area contributed by atoms with Crippen LogP contribution in [0.25, 0.3) is 11.1 Å². The van der Waals surface area contributed by atoms with Crippen molar-refractivity contribution in [3.8, 4) is 11.1 Å². The second-order valence-electron chi connectivity index (χ2n) is 8.79. The number of carboxylic acid groups (broad SMARTS) is 1. The highest BCUT2D eigenvalue weighted by atomic mass is 35.5. The van der Waals surface area contributed by atoms with Crippen molar-refractivity contribution in [2.24, 2.45) is 11.8 Å². The lowest BCUT2D eigenvalue weighted by Crippen LogP contribution is -2.53. The molecule has 2 N–H and O–H groups in total. The van der Waals surface area contributed by atoms with Crippen LogP contribution in [0, 0.1) is 11.8 Å². The van der Waals surface area contributed by atoms with Gasteiger partial charge in [-0.2, -0.15) is 13.2 Å². The summed E-state index contributed by atoms with van der Waals surface area (Å²) in [4.78, 5) is 48.8. The van der Waals surface area contributed by atoms with Crippen molar-refractivity contribution in [3.63, 3.8) is 0 Å². The standard InChI is InChI=1S/C23H22Cl2N2O4.C2HF3O2/c1-4-27-20(28)17-18(21(27)29)23(2,22(30)31-3)26-19(17)13-7-5-12(6-8-13)14-9-10-15(24)16(25)11-14;3-2(4,5)1(6)7/h5-11,17-19,26H,4H2,1-3H3;(H,6,7)/t17?,18?,19?,23-;/m1./s1. The monoisotopic (exact) mass is 574 g/mol. The van der Waals surface area contributed by atoms with Crippen molar-refractivity contribution in [2.75, 3.05) is 13.7 Å².